The van der Waals surface area contributed by atoms with Crippen LogP contribution in [0.1, 0.15) is 24.8 Å². The number of rotatable bonds is 4. The maximum absolute atomic E-state index is 12.2. The van der Waals surface area contributed by atoms with Crippen LogP contribution in [0.3, 0.4) is 0 Å². The fraction of sp³-hybridized carbons (Fsp3) is 0.538. The summed E-state index contributed by atoms with van der Waals surface area (Å²) < 4.78 is 27.0. The Bertz CT molecular complexity index is 581. The van der Waals surface area contributed by atoms with Crippen molar-refractivity contribution in [2.45, 2.75) is 37.2 Å². The van der Waals surface area contributed by atoms with Crippen LogP contribution in [0.5, 0.6) is 0 Å². The molecule has 0 aliphatic heterocycles. The molecule has 7 heteroatoms. The second-order valence-corrected chi connectivity index (χ2v) is 7.48. The monoisotopic (exact) mass is 318 g/mol. The Labute approximate surface area is 124 Å². The third-order valence-electron chi connectivity index (χ3n) is 3.74. The van der Waals surface area contributed by atoms with E-state index in [4.69, 9.17) is 17.3 Å². The fourth-order valence-electron chi connectivity index (χ4n) is 2.37. The lowest BCUT2D eigenvalue weighted by atomic mass is 10.1. The molecule has 2 unspecified atom stereocenters. The van der Waals surface area contributed by atoms with Crippen molar-refractivity contribution in [3.05, 3.63) is 22.7 Å². The van der Waals surface area contributed by atoms with Gasteiger partial charge in [0.2, 0.25) is 10.0 Å². The summed E-state index contributed by atoms with van der Waals surface area (Å²) in [5, 5.41) is 9.77. The van der Waals surface area contributed by atoms with Crippen LogP contribution in [0, 0.1) is 12.8 Å². The van der Waals surface area contributed by atoms with Crippen LogP contribution >= 0.6 is 11.6 Å². The van der Waals surface area contributed by atoms with Gasteiger partial charge in [0.1, 0.15) is 0 Å². The zero-order valence-electron chi connectivity index (χ0n) is 11.3. The molecule has 0 radical (unpaired) electrons. The zero-order chi connectivity index (χ0) is 14.9. The van der Waals surface area contributed by atoms with Crippen molar-refractivity contribution in [1.82, 2.24) is 4.72 Å². The van der Waals surface area contributed by atoms with Crippen molar-refractivity contribution >= 4 is 27.3 Å². The molecular weight excluding hydrogens is 300 g/mol. The Kier molecular flexibility index (Phi) is 4.59. The number of sulfonamides is 1. The average Bonchev–Trinajstić information content (AvgIpc) is 2.79. The summed E-state index contributed by atoms with van der Waals surface area (Å²) in [6, 6.07) is 2.81. The molecule has 0 amide bonds. The molecule has 0 aromatic heterocycles. The maximum atomic E-state index is 12.2. The molecule has 0 heterocycles. The molecule has 5 nitrogen and oxygen atoms in total. The van der Waals surface area contributed by atoms with Crippen LogP contribution in [0.4, 0.5) is 5.69 Å². The predicted molar refractivity (Wildman–Crippen MR) is 79.1 cm³/mol. The average molecular weight is 319 g/mol. The van der Waals surface area contributed by atoms with Gasteiger partial charge in [-0.05, 0) is 49.8 Å². The van der Waals surface area contributed by atoms with E-state index in [9.17, 15) is 13.5 Å². The number of nitrogen functional groups attached to an aromatic ring is 1. The molecule has 1 aliphatic rings. The minimum absolute atomic E-state index is 0.0733. The first-order chi connectivity index (χ1) is 9.29. The van der Waals surface area contributed by atoms with Crippen LogP contribution in [-0.2, 0) is 10.0 Å². The second-order valence-electron chi connectivity index (χ2n) is 5.30. The van der Waals surface area contributed by atoms with Crippen LogP contribution in [-0.4, -0.2) is 26.2 Å². The predicted octanol–water partition coefficient (Wildman–Crippen LogP) is 1.67. The van der Waals surface area contributed by atoms with E-state index in [1.165, 1.54) is 12.1 Å². The Morgan fingerprint density at radius 2 is 2.15 bits per heavy atom. The first-order valence-corrected chi connectivity index (χ1v) is 8.39. The number of halogens is 1. The highest BCUT2D eigenvalue weighted by atomic mass is 35.5. The molecule has 1 aliphatic carbocycles. The third kappa shape index (κ3) is 3.44. The molecule has 1 aromatic rings. The summed E-state index contributed by atoms with van der Waals surface area (Å²) in [6.45, 7) is 2.06. The number of nitrogens with one attached hydrogen (secondary N) is 1. The second kappa shape index (κ2) is 5.89. The highest BCUT2D eigenvalue weighted by molar-refractivity contribution is 7.89. The molecule has 2 rings (SSSR count). The largest absolute Gasteiger partial charge is 0.398 e. The van der Waals surface area contributed by atoms with Crippen molar-refractivity contribution in [1.29, 1.82) is 0 Å². The first kappa shape index (κ1) is 15.6. The van der Waals surface area contributed by atoms with Crippen molar-refractivity contribution in [2.75, 3.05) is 12.3 Å². The summed E-state index contributed by atoms with van der Waals surface area (Å²) in [4.78, 5) is 0.0733. The number of aliphatic hydroxyl groups excluding tert-OH is 1. The Morgan fingerprint density at radius 1 is 1.45 bits per heavy atom. The van der Waals surface area contributed by atoms with E-state index in [1.807, 2.05) is 0 Å². The SMILES string of the molecule is Cc1c(N)cc(S(=O)(=O)NCC2CCC(O)C2)cc1Cl. The molecule has 0 saturated heterocycles. The summed E-state index contributed by atoms with van der Waals surface area (Å²) in [6.07, 6.45) is 1.89. The van der Waals surface area contributed by atoms with Crippen LogP contribution in [0.15, 0.2) is 17.0 Å². The number of hydrogen-bond donors (Lipinski definition) is 3. The van der Waals surface area contributed by atoms with Gasteiger partial charge in [-0.3, -0.25) is 0 Å². The van der Waals surface area contributed by atoms with Gasteiger partial charge >= 0.3 is 0 Å². The van der Waals surface area contributed by atoms with Gasteiger partial charge < -0.3 is 10.8 Å². The van der Waals surface area contributed by atoms with Gasteiger partial charge in [-0.1, -0.05) is 11.6 Å². The van der Waals surface area contributed by atoms with Gasteiger partial charge in [0.05, 0.1) is 11.0 Å². The number of hydrogen-bond acceptors (Lipinski definition) is 4. The smallest absolute Gasteiger partial charge is 0.240 e. The fourth-order valence-corrected chi connectivity index (χ4v) is 3.84. The van der Waals surface area contributed by atoms with Crippen molar-refractivity contribution < 1.29 is 13.5 Å². The normalized spacial score (nSPS) is 23.1. The van der Waals surface area contributed by atoms with Crippen LogP contribution in [0.2, 0.25) is 5.02 Å². The molecular formula is C13H19ClN2O3S. The topological polar surface area (TPSA) is 92.4 Å². The number of benzene rings is 1. The van der Waals surface area contributed by atoms with Crippen LogP contribution < -0.4 is 10.5 Å². The lowest BCUT2D eigenvalue weighted by Gasteiger charge is -2.13. The summed E-state index contributed by atoms with van der Waals surface area (Å²) in [7, 11) is -3.62. The van der Waals surface area contributed by atoms with Gasteiger partial charge in [0.25, 0.3) is 0 Å². The molecule has 1 saturated carbocycles. The Morgan fingerprint density at radius 3 is 2.70 bits per heavy atom. The van der Waals surface area contributed by atoms with E-state index < -0.39 is 10.0 Å². The summed E-state index contributed by atoms with van der Waals surface area (Å²) in [5.41, 5.74) is 6.77. The molecule has 0 spiro atoms. The summed E-state index contributed by atoms with van der Waals surface area (Å²) in [5.74, 6) is 0.179. The molecule has 112 valence electrons. The summed E-state index contributed by atoms with van der Waals surface area (Å²) >= 11 is 5.97. The highest BCUT2D eigenvalue weighted by Gasteiger charge is 2.25. The molecule has 0 bridgehead atoms. The van der Waals surface area contributed by atoms with Gasteiger partial charge in [0.15, 0.2) is 0 Å². The minimum Gasteiger partial charge on any atom is -0.398 e. The lowest BCUT2D eigenvalue weighted by Crippen LogP contribution is -2.29. The van der Waals surface area contributed by atoms with E-state index in [-0.39, 0.29) is 16.9 Å². The van der Waals surface area contributed by atoms with E-state index in [2.05, 4.69) is 4.72 Å². The molecule has 20 heavy (non-hydrogen) atoms. The third-order valence-corrected chi connectivity index (χ3v) is 5.54. The molecule has 2 atom stereocenters. The first-order valence-electron chi connectivity index (χ1n) is 6.53. The maximum Gasteiger partial charge on any atom is 0.240 e. The van der Waals surface area contributed by atoms with E-state index in [0.29, 0.717) is 29.2 Å². The number of aliphatic hydroxyl groups is 1. The number of anilines is 1. The van der Waals surface area contributed by atoms with Crippen molar-refractivity contribution in [3.63, 3.8) is 0 Å². The van der Waals surface area contributed by atoms with Gasteiger partial charge in [-0.15, -0.1) is 0 Å². The van der Waals surface area contributed by atoms with Crippen molar-refractivity contribution in [3.8, 4) is 0 Å². The van der Waals surface area contributed by atoms with Gasteiger partial charge in [-0.2, -0.15) is 0 Å². The van der Waals surface area contributed by atoms with Gasteiger partial charge in [0, 0.05) is 17.3 Å². The molecule has 1 fully saturated rings. The van der Waals surface area contributed by atoms with E-state index >= 15 is 0 Å². The standard InChI is InChI=1S/C13H19ClN2O3S/c1-8-12(14)5-11(6-13(8)15)20(18,19)16-7-9-2-3-10(17)4-9/h5-6,9-10,16-17H,2-4,7,15H2,1H3. The van der Waals surface area contributed by atoms with Crippen LogP contribution in [0.25, 0.3) is 0 Å². The van der Waals surface area contributed by atoms with Gasteiger partial charge in [-0.25, -0.2) is 13.1 Å². The highest BCUT2D eigenvalue weighted by Crippen LogP contribution is 2.27. The Balaban J connectivity index is 2.10. The minimum atomic E-state index is -3.62. The molecule has 4 N–H and O–H groups in total. The van der Waals surface area contributed by atoms with E-state index in [1.54, 1.807) is 6.92 Å². The van der Waals surface area contributed by atoms with E-state index in [0.717, 1.165) is 12.8 Å². The zero-order valence-corrected chi connectivity index (χ0v) is 12.8. The quantitative estimate of drug-likeness (QED) is 0.736. The number of nitrogens with two attached hydrogens (primary N) is 1. The molecule has 1 aromatic carbocycles. The van der Waals surface area contributed by atoms with Crippen molar-refractivity contribution in [2.24, 2.45) is 5.92 Å². The lowest BCUT2D eigenvalue weighted by molar-refractivity contribution is 0.178. The Hall–Kier alpha value is -0.820.